The summed E-state index contributed by atoms with van der Waals surface area (Å²) in [6, 6.07) is 8.54. The molecule has 5 rings (SSSR count). The van der Waals surface area contributed by atoms with Crippen molar-refractivity contribution in [3.8, 4) is 5.88 Å². The van der Waals surface area contributed by atoms with Gasteiger partial charge in [-0.2, -0.15) is 19.6 Å². The number of hydrogen-bond acceptors (Lipinski definition) is 8. The van der Waals surface area contributed by atoms with Crippen LogP contribution in [0.15, 0.2) is 45.1 Å². The molecule has 0 aliphatic heterocycles. The number of aromatic amines is 2. The Morgan fingerprint density at radius 2 is 2.10 bits per heavy atom. The number of benzene rings is 1. The van der Waals surface area contributed by atoms with Crippen molar-refractivity contribution in [2.45, 2.75) is 30.3 Å². The van der Waals surface area contributed by atoms with E-state index in [2.05, 4.69) is 59.6 Å². The molecule has 1 fully saturated rings. The van der Waals surface area contributed by atoms with E-state index in [0.717, 1.165) is 18.4 Å². The SMILES string of the molecule is CSc1ccc(CNc2nc(=NC3CC3)n3nc/c(=C\c4[nH]c(=O)[nH]c4O)c3n2)cc1. The van der Waals surface area contributed by atoms with Gasteiger partial charge in [-0.15, -0.1) is 11.8 Å². The van der Waals surface area contributed by atoms with Gasteiger partial charge < -0.3 is 15.4 Å². The minimum atomic E-state index is -0.492. The van der Waals surface area contributed by atoms with E-state index >= 15 is 0 Å². The fourth-order valence-electron chi connectivity index (χ4n) is 3.08. The second kappa shape index (κ2) is 7.91. The van der Waals surface area contributed by atoms with Gasteiger partial charge in [-0.3, -0.25) is 4.98 Å². The van der Waals surface area contributed by atoms with Gasteiger partial charge in [0.05, 0.1) is 12.2 Å². The highest BCUT2D eigenvalue weighted by atomic mass is 32.2. The Balaban J connectivity index is 1.55. The molecule has 0 atom stereocenters. The van der Waals surface area contributed by atoms with E-state index in [-0.39, 0.29) is 17.6 Å². The van der Waals surface area contributed by atoms with Crippen molar-refractivity contribution in [2.75, 3.05) is 11.6 Å². The molecule has 1 aromatic carbocycles. The van der Waals surface area contributed by atoms with Crippen molar-refractivity contribution < 1.29 is 5.11 Å². The number of fused-ring (bicyclic) bond motifs is 1. The molecular weight excluding hydrogens is 416 g/mol. The lowest BCUT2D eigenvalue weighted by molar-refractivity contribution is 0.454. The Bertz CT molecular complexity index is 1420. The van der Waals surface area contributed by atoms with Crippen LogP contribution < -0.4 is 21.8 Å². The summed E-state index contributed by atoms with van der Waals surface area (Å²) in [6.45, 7) is 0.562. The third kappa shape index (κ3) is 4.17. The third-order valence-corrected chi connectivity index (χ3v) is 5.61. The van der Waals surface area contributed by atoms with Gasteiger partial charge in [0.25, 0.3) is 5.62 Å². The van der Waals surface area contributed by atoms with E-state index in [4.69, 9.17) is 0 Å². The summed E-state index contributed by atoms with van der Waals surface area (Å²) in [5.41, 5.74) is 1.86. The quantitative estimate of drug-likeness (QED) is 0.328. The summed E-state index contributed by atoms with van der Waals surface area (Å²) >= 11 is 1.70. The summed E-state index contributed by atoms with van der Waals surface area (Å²) in [5.74, 6) is 0.191. The van der Waals surface area contributed by atoms with Crippen molar-refractivity contribution >= 4 is 29.4 Å². The maximum Gasteiger partial charge on any atom is 0.326 e. The number of aromatic nitrogens is 6. The first-order valence-corrected chi connectivity index (χ1v) is 11.0. The van der Waals surface area contributed by atoms with Gasteiger partial charge in [-0.25, -0.2) is 9.79 Å². The molecule has 31 heavy (non-hydrogen) atoms. The van der Waals surface area contributed by atoms with Gasteiger partial charge in [0.1, 0.15) is 5.69 Å². The lowest BCUT2D eigenvalue weighted by Crippen LogP contribution is -2.24. The largest absolute Gasteiger partial charge is 0.493 e. The van der Waals surface area contributed by atoms with Gasteiger partial charge in [0.2, 0.25) is 11.8 Å². The molecule has 1 saturated carbocycles. The van der Waals surface area contributed by atoms with Crippen molar-refractivity contribution in [2.24, 2.45) is 4.99 Å². The number of anilines is 1. The molecule has 0 saturated heterocycles. The third-order valence-electron chi connectivity index (χ3n) is 4.87. The Labute approximate surface area is 180 Å². The van der Waals surface area contributed by atoms with Crippen LogP contribution in [0, 0.1) is 0 Å². The van der Waals surface area contributed by atoms with E-state index in [0.29, 0.717) is 29.0 Å². The molecule has 0 radical (unpaired) electrons. The van der Waals surface area contributed by atoms with Crippen LogP contribution in [0.4, 0.5) is 5.95 Å². The number of hydrogen-bond donors (Lipinski definition) is 4. The molecule has 0 unspecified atom stereocenters. The molecule has 0 bridgehead atoms. The van der Waals surface area contributed by atoms with Crippen molar-refractivity contribution in [3.05, 3.63) is 63.0 Å². The monoisotopic (exact) mass is 436 g/mol. The van der Waals surface area contributed by atoms with Gasteiger partial charge >= 0.3 is 5.69 Å². The standard InChI is InChI=1S/C20H20N8O2S/c1-31-14-6-2-11(3-7-14)9-21-18-25-16-12(8-15-17(29)26-20(30)24-15)10-22-28(16)19(27-18)23-13-4-5-13/h2-3,6-8,10,13,29H,4-5,9H2,1H3,(H,21,23,27)(H2,24,26,30)/b12-8+. The summed E-state index contributed by atoms with van der Waals surface area (Å²) in [6.07, 6.45) is 7.33. The Hall–Kier alpha value is -3.60. The van der Waals surface area contributed by atoms with E-state index < -0.39 is 5.69 Å². The summed E-state index contributed by atoms with van der Waals surface area (Å²) in [5, 5.41) is 18.1. The molecule has 4 aromatic rings. The number of nitrogens with zero attached hydrogens (tertiary/aromatic N) is 5. The Morgan fingerprint density at radius 3 is 2.77 bits per heavy atom. The molecule has 11 heteroatoms. The van der Waals surface area contributed by atoms with Crippen molar-refractivity contribution in [1.29, 1.82) is 0 Å². The fraction of sp³-hybridized carbons (Fsp3) is 0.250. The molecule has 158 valence electrons. The molecule has 1 aliphatic rings. The first-order valence-electron chi connectivity index (χ1n) is 9.78. The Morgan fingerprint density at radius 1 is 1.29 bits per heavy atom. The smallest absolute Gasteiger partial charge is 0.326 e. The van der Waals surface area contributed by atoms with E-state index in [9.17, 15) is 9.90 Å². The number of rotatable bonds is 6. The number of thioether (sulfide) groups is 1. The van der Waals surface area contributed by atoms with Crippen molar-refractivity contribution in [3.63, 3.8) is 0 Å². The summed E-state index contributed by atoms with van der Waals surface area (Å²) in [4.78, 5) is 31.3. The number of nitrogens with one attached hydrogen (secondary N) is 3. The summed E-state index contributed by atoms with van der Waals surface area (Å²) < 4.78 is 1.57. The second-order valence-corrected chi connectivity index (χ2v) is 8.11. The van der Waals surface area contributed by atoms with E-state index in [1.807, 2.05) is 6.26 Å². The number of H-pyrrole nitrogens is 2. The average Bonchev–Trinajstić information content (AvgIpc) is 3.41. The topological polar surface area (TPSA) is 136 Å². The van der Waals surface area contributed by atoms with Crippen LogP contribution in [0.2, 0.25) is 0 Å². The molecule has 0 spiro atoms. The lowest BCUT2D eigenvalue weighted by Gasteiger charge is -2.06. The maximum absolute atomic E-state index is 11.4. The molecule has 10 nitrogen and oxygen atoms in total. The molecule has 4 N–H and O–H groups in total. The molecule has 3 heterocycles. The average molecular weight is 437 g/mol. The highest BCUT2D eigenvalue weighted by molar-refractivity contribution is 7.98. The lowest BCUT2D eigenvalue weighted by atomic mass is 10.2. The highest BCUT2D eigenvalue weighted by Gasteiger charge is 2.21. The first-order chi connectivity index (χ1) is 15.1. The van der Waals surface area contributed by atoms with E-state index in [1.54, 1.807) is 28.6 Å². The predicted octanol–water partition coefficient (Wildman–Crippen LogP) is 0.791. The van der Waals surface area contributed by atoms with Crippen LogP contribution in [0.25, 0.3) is 11.7 Å². The van der Waals surface area contributed by atoms with Crippen LogP contribution in [0.3, 0.4) is 0 Å². The van der Waals surface area contributed by atoms with Gasteiger partial charge in [-0.05, 0) is 42.9 Å². The number of imidazole rings is 1. The molecule has 1 aliphatic carbocycles. The van der Waals surface area contributed by atoms with Crippen LogP contribution in [-0.2, 0) is 6.54 Å². The fourth-order valence-corrected chi connectivity index (χ4v) is 3.49. The van der Waals surface area contributed by atoms with Gasteiger partial charge in [0.15, 0.2) is 5.65 Å². The van der Waals surface area contributed by atoms with Crippen LogP contribution in [-0.4, -0.2) is 47.0 Å². The minimum absolute atomic E-state index is 0.242. The van der Waals surface area contributed by atoms with E-state index in [1.165, 1.54) is 4.90 Å². The zero-order chi connectivity index (χ0) is 21.4. The van der Waals surface area contributed by atoms with Gasteiger partial charge in [-0.1, -0.05) is 12.1 Å². The van der Waals surface area contributed by atoms with Crippen molar-refractivity contribution in [1.82, 2.24) is 29.5 Å². The molecule has 3 aromatic heterocycles. The second-order valence-electron chi connectivity index (χ2n) is 7.23. The van der Waals surface area contributed by atoms with Crippen LogP contribution in [0.5, 0.6) is 5.88 Å². The first kappa shape index (κ1) is 19.4. The number of aromatic hydroxyl groups is 1. The summed E-state index contributed by atoms with van der Waals surface area (Å²) in [7, 11) is 0. The van der Waals surface area contributed by atoms with Gasteiger partial charge in [0, 0.05) is 16.7 Å². The predicted molar refractivity (Wildman–Crippen MR) is 117 cm³/mol. The molecule has 0 amide bonds. The zero-order valence-electron chi connectivity index (χ0n) is 16.7. The van der Waals surface area contributed by atoms with Crippen LogP contribution in [0.1, 0.15) is 24.1 Å². The minimum Gasteiger partial charge on any atom is -0.493 e. The zero-order valence-corrected chi connectivity index (χ0v) is 17.5. The maximum atomic E-state index is 11.4. The normalized spacial score (nSPS) is 15.1. The molecular formula is C20H20N8O2S. The van der Waals surface area contributed by atoms with Crippen LogP contribution >= 0.6 is 11.8 Å². The highest BCUT2D eigenvalue weighted by Crippen LogP contribution is 2.22. The Kier molecular flexibility index (Phi) is 4.94.